The Morgan fingerprint density at radius 2 is 1.86 bits per heavy atom. The molecule has 1 aromatic rings. The first-order chi connectivity index (χ1) is 13.5. The van der Waals surface area contributed by atoms with Crippen LogP contribution in [0.25, 0.3) is 6.08 Å². The van der Waals surface area contributed by atoms with Crippen LogP contribution in [0.4, 0.5) is 10.5 Å². The molecule has 28 heavy (non-hydrogen) atoms. The number of amides is 2. The maximum atomic E-state index is 12.3. The minimum Gasteiger partial charge on any atom is -0.487 e. The number of benzene rings is 1. The summed E-state index contributed by atoms with van der Waals surface area (Å²) in [7, 11) is 0. The molecule has 1 aliphatic rings. The second-order valence-electron chi connectivity index (χ2n) is 6.18. The summed E-state index contributed by atoms with van der Waals surface area (Å²) in [6, 6.07) is 4.59. The molecule has 2 amide bonds. The van der Waals surface area contributed by atoms with Crippen LogP contribution in [0.2, 0.25) is 0 Å². The lowest BCUT2D eigenvalue weighted by Crippen LogP contribution is -2.50. The van der Waals surface area contributed by atoms with Crippen LogP contribution in [0.3, 0.4) is 0 Å². The van der Waals surface area contributed by atoms with Gasteiger partial charge in [-0.15, -0.1) is 0 Å². The van der Waals surface area contributed by atoms with Crippen LogP contribution >= 0.6 is 0 Å². The zero-order valence-corrected chi connectivity index (χ0v) is 16.1. The van der Waals surface area contributed by atoms with Crippen molar-refractivity contribution in [3.8, 4) is 5.75 Å². The van der Waals surface area contributed by atoms with E-state index in [4.69, 9.17) is 9.47 Å². The molecular formula is C19H25N3O6. The Labute approximate surface area is 163 Å². The topological polar surface area (TPSA) is 102 Å². The van der Waals surface area contributed by atoms with Gasteiger partial charge in [0.1, 0.15) is 0 Å². The van der Waals surface area contributed by atoms with Gasteiger partial charge in [0.2, 0.25) is 5.91 Å². The Hall–Kier alpha value is -3.10. The van der Waals surface area contributed by atoms with Crippen LogP contribution in [0, 0.1) is 10.1 Å². The fourth-order valence-electron chi connectivity index (χ4n) is 2.71. The first kappa shape index (κ1) is 21.2. The summed E-state index contributed by atoms with van der Waals surface area (Å²) in [4.78, 5) is 38.0. The van der Waals surface area contributed by atoms with E-state index in [0.717, 1.165) is 6.42 Å². The number of hydrogen-bond donors (Lipinski definition) is 0. The van der Waals surface area contributed by atoms with Crippen LogP contribution in [-0.2, 0) is 9.53 Å². The van der Waals surface area contributed by atoms with Gasteiger partial charge in [0.15, 0.2) is 5.75 Å². The summed E-state index contributed by atoms with van der Waals surface area (Å²) in [5.74, 6) is 0.00267. The molecule has 1 heterocycles. The molecule has 1 saturated heterocycles. The first-order valence-electron chi connectivity index (χ1n) is 9.26. The number of nitrogens with zero attached hydrogens (tertiary/aromatic N) is 3. The number of rotatable bonds is 7. The number of piperazine rings is 1. The number of carbonyl (C=O) groups excluding carboxylic acids is 2. The van der Waals surface area contributed by atoms with Crippen molar-refractivity contribution in [3.63, 3.8) is 0 Å². The third-order valence-corrected chi connectivity index (χ3v) is 4.18. The van der Waals surface area contributed by atoms with E-state index in [1.807, 2.05) is 6.92 Å². The van der Waals surface area contributed by atoms with Gasteiger partial charge in [0.25, 0.3) is 0 Å². The van der Waals surface area contributed by atoms with Crippen molar-refractivity contribution in [1.82, 2.24) is 9.80 Å². The van der Waals surface area contributed by atoms with Gasteiger partial charge in [0, 0.05) is 38.3 Å². The average Bonchev–Trinajstić information content (AvgIpc) is 2.70. The van der Waals surface area contributed by atoms with E-state index in [1.54, 1.807) is 22.8 Å². The fourth-order valence-corrected chi connectivity index (χ4v) is 2.71. The molecule has 0 unspecified atom stereocenters. The highest BCUT2D eigenvalue weighted by Gasteiger charge is 2.23. The highest BCUT2D eigenvalue weighted by Crippen LogP contribution is 2.28. The van der Waals surface area contributed by atoms with Crippen molar-refractivity contribution >= 4 is 23.8 Å². The lowest BCUT2D eigenvalue weighted by atomic mass is 10.1. The van der Waals surface area contributed by atoms with Crippen molar-refractivity contribution in [2.24, 2.45) is 0 Å². The Bertz CT molecular complexity index is 741. The van der Waals surface area contributed by atoms with E-state index in [-0.39, 0.29) is 23.4 Å². The molecule has 0 spiro atoms. The van der Waals surface area contributed by atoms with Crippen molar-refractivity contribution in [2.75, 3.05) is 39.4 Å². The maximum Gasteiger partial charge on any atom is 0.409 e. The monoisotopic (exact) mass is 391 g/mol. The average molecular weight is 391 g/mol. The second-order valence-corrected chi connectivity index (χ2v) is 6.18. The predicted octanol–water partition coefficient (Wildman–Crippen LogP) is 2.70. The van der Waals surface area contributed by atoms with E-state index < -0.39 is 4.92 Å². The van der Waals surface area contributed by atoms with Crippen molar-refractivity contribution in [1.29, 1.82) is 0 Å². The molecule has 0 radical (unpaired) electrons. The molecule has 9 heteroatoms. The normalized spacial score (nSPS) is 14.2. The zero-order chi connectivity index (χ0) is 20.5. The lowest BCUT2D eigenvalue weighted by Gasteiger charge is -2.33. The molecule has 0 aliphatic carbocycles. The third kappa shape index (κ3) is 5.70. The Balaban J connectivity index is 1.98. The first-order valence-corrected chi connectivity index (χ1v) is 9.26. The summed E-state index contributed by atoms with van der Waals surface area (Å²) < 4.78 is 10.3. The van der Waals surface area contributed by atoms with Crippen LogP contribution in [0.5, 0.6) is 5.75 Å². The fraction of sp³-hybridized carbons (Fsp3) is 0.474. The van der Waals surface area contributed by atoms with Crippen LogP contribution in [0.1, 0.15) is 25.8 Å². The summed E-state index contributed by atoms with van der Waals surface area (Å²) >= 11 is 0. The van der Waals surface area contributed by atoms with Gasteiger partial charge in [-0.3, -0.25) is 14.9 Å². The molecule has 0 saturated carbocycles. The number of ether oxygens (including phenoxy) is 2. The lowest BCUT2D eigenvalue weighted by molar-refractivity contribution is -0.385. The van der Waals surface area contributed by atoms with Gasteiger partial charge in [-0.05, 0) is 31.1 Å². The molecular weight excluding hydrogens is 366 g/mol. The second kappa shape index (κ2) is 10.3. The number of hydrogen-bond acceptors (Lipinski definition) is 6. The van der Waals surface area contributed by atoms with E-state index in [2.05, 4.69) is 0 Å². The molecule has 2 rings (SSSR count). The van der Waals surface area contributed by atoms with Crippen LogP contribution in [-0.4, -0.2) is 66.1 Å². The van der Waals surface area contributed by atoms with Crippen molar-refractivity contribution in [2.45, 2.75) is 20.3 Å². The largest absolute Gasteiger partial charge is 0.487 e. The standard InChI is InChI=1S/C19H25N3O6/c1-3-13-28-17-7-5-15(14-16(17)22(25)26)6-8-18(23)20-9-11-21(12-10-20)19(24)27-4-2/h5-8,14H,3-4,9-13H2,1-2H3/b8-6+. The van der Waals surface area contributed by atoms with Crippen molar-refractivity contribution in [3.05, 3.63) is 40.0 Å². The highest BCUT2D eigenvalue weighted by atomic mass is 16.6. The molecule has 0 bridgehead atoms. The van der Waals surface area contributed by atoms with Gasteiger partial charge < -0.3 is 19.3 Å². The zero-order valence-electron chi connectivity index (χ0n) is 16.1. The van der Waals surface area contributed by atoms with Gasteiger partial charge >= 0.3 is 11.8 Å². The van der Waals surface area contributed by atoms with Gasteiger partial charge in [0.05, 0.1) is 18.1 Å². The summed E-state index contributed by atoms with van der Waals surface area (Å²) in [5, 5.41) is 11.2. The molecule has 1 aromatic carbocycles. The van der Waals surface area contributed by atoms with Crippen molar-refractivity contribution < 1.29 is 24.0 Å². The Kier molecular flexibility index (Phi) is 7.79. The molecule has 152 valence electrons. The van der Waals surface area contributed by atoms with E-state index in [9.17, 15) is 19.7 Å². The number of carbonyl (C=O) groups is 2. The smallest absolute Gasteiger partial charge is 0.409 e. The Morgan fingerprint density at radius 1 is 1.18 bits per heavy atom. The van der Waals surface area contributed by atoms with Crippen LogP contribution in [0.15, 0.2) is 24.3 Å². The highest BCUT2D eigenvalue weighted by molar-refractivity contribution is 5.92. The predicted molar refractivity (Wildman–Crippen MR) is 103 cm³/mol. The summed E-state index contributed by atoms with van der Waals surface area (Å²) in [5.41, 5.74) is 0.403. The molecule has 0 atom stereocenters. The number of nitro groups is 1. The molecule has 9 nitrogen and oxygen atoms in total. The maximum absolute atomic E-state index is 12.3. The molecule has 1 fully saturated rings. The molecule has 0 N–H and O–H groups in total. The van der Waals surface area contributed by atoms with Crippen LogP contribution < -0.4 is 4.74 Å². The minimum atomic E-state index is -0.501. The molecule has 1 aliphatic heterocycles. The van der Waals surface area contributed by atoms with E-state index in [0.29, 0.717) is 45.0 Å². The minimum absolute atomic E-state index is 0.133. The quantitative estimate of drug-likeness (QED) is 0.402. The molecule has 0 aromatic heterocycles. The van der Waals surface area contributed by atoms with Gasteiger partial charge in [-0.2, -0.15) is 0 Å². The van der Waals surface area contributed by atoms with Gasteiger partial charge in [-0.25, -0.2) is 4.79 Å². The van der Waals surface area contributed by atoms with E-state index >= 15 is 0 Å². The third-order valence-electron chi connectivity index (χ3n) is 4.18. The van der Waals surface area contributed by atoms with Gasteiger partial charge in [-0.1, -0.05) is 13.0 Å². The Morgan fingerprint density at radius 3 is 2.46 bits per heavy atom. The SMILES string of the molecule is CCCOc1ccc(/C=C/C(=O)N2CCN(C(=O)OCC)CC2)cc1[N+](=O)[O-]. The number of nitro benzene ring substituents is 1. The summed E-state index contributed by atoms with van der Waals surface area (Å²) in [6.07, 6.45) is 3.29. The summed E-state index contributed by atoms with van der Waals surface area (Å²) in [6.45, 7) is 6.01. The van der Waals surface area contributed by atoms with E-state index in [1.165, 1.54) is 24.3 Å².